The molecular weight excluding hydrogens is 254 g/mol. The molecule has 2 aromatic carbocycles. The van der Waals surface area contributed by atoms with Gasteiger partial charge in [0, 0.05) is 23.2 Å². The van der Waals surface area contributed by atoms with E-state index in [1.54, 1.807) is 0 Å². The van der Waals surface area contributed by atoms with E-state index < -0.39 is 0 Å². The fraction of sp³-hybridized carbons (Fsp3) is 0.200. The molecule has 0 aliphatic rings. The van der Waals surface area contributed by atoms with Crippen LogP contribution in [0.5, 0.6) is 0 Å². The predicted molar refractivity (Wildman–Crippen MR) is 88.7 cm³/mol. The minimum absolute atomic E-state index is 0.392. The molecule has 1 heterocycles. The Hall–Kier alpha value is -2.28. The molecule has 2 atom stereocenters. The Kier molecular flexibility index (Phi) is 3.92. The summed E-state index contributed by atoms with van der Waals surface area (Å²) in [5.41, 5.74) is 5.24. The van der Waals surface area contributed by atoms with Gasteiger partial charge >= 0.3 is 0 Å². The summed E-state index contributed by atoms with van der Waals surface area (Å²) in [7, 11) is 0. The molecule has 1 nitrogen and oxygen atoms in total. The molecule has 21 heavy (non-hydrogen) atoms. The molecule has 0 aliphatic heterocycles. The van der Waals surface area contributed by atoms with Gasteiger partial charge in [-0.25, -0.2) is 0 Å². The number of hydrogen-bond donors (Lipinski definition) is 1. The SMILES string of the molecule is CC(c1ccccc1)c1ccc(C(C)c2ccccc2)[nH]1. The summed E-state index contributed by atoms with van der Waals surface area (Å²) in [5.74, 6) is 0.783. The first kappa shape index (κ1) is 13.7. The van der Waals surface area contributed by atoms with E-state index in [9.17, 15) is 0 Å². The Labute approximate surface area is 126 Å². The van der Waals surface area contributed by atoms with Crippen LogP contribution < -0.4 is 0 Å². The van der Waals surface area contributed by atoms with Crippen LogP contribution in [-0.4, -0.2) is 4.98 Å². The first-order chi connectivity index (χ1) is 10.3. The minimum Gasteiger partial charge on any atom is -0.361 e. The number of H-pyrrole nitrogens is 1. The topological polar surface area (TPSA) is 15.8 Å². The van der Waals surface area contributed by atoms with E-state index in [0.717, 1.165) is 0 Å². The fourth-order valence-corrected chi connectivity index (χ4v) is 2.78. The van der Waals surface area contributed by atoms with Crippen molar-refractivity contribution in [3.8, 4) is 0 Å². The van der Waals surface area contributed by atoms with Gasteiger partial charge in [0.2, 0.25) is 0 Å². The number of aromatic amines is 1. The second-order valence-electron chi connectivity index (χ2n) is 5.63. The van der Waals surface area contributed by atoms with Crippen LogP contribution in [0.3, 0.4) is 0 Å². The van der Waals surface area contributed by atoms with Crippen molar-refractivity contribution in [1.29, 1.82) is 0 Å². The second kappa shape index (κ2) is 6.01. The van der Waals surface area contributed by atoms with E-state index in [2.05, 4.69) is 91.6 Å². The third-order valence-corrected chi connectivity index (χ3v) is 4.26. The minimum atomic E-state index is 0.392. The third kappa shape index (κ3) is 2.92. The van der Waals surface area contributed by atoms with Crippen LogP contribution in [0.15, 0.2) is 72.8 Å². The normalized spacial score (nSPS) is 13.8. The molecule has 0 spiro atoms. The summed E-state index contributed by atoms with van der Waals surface area (Å²) in [6, 6.07) is 25.7. The van der Waals surface area contributed by atoms with Crippen LogP contribution in [0.2, 0.25) is 0 Å². The fourth-order valence-electron chi connectivity index (χ4n) is 2.78. The average molecular weight is 275 g/mol. The van der Waals surface area contributed by atoms with Crippen molar-refractivity contribution in [1.82, 2.24) is 4.98 Å². The molecule has 3 aromatic rings. The van der Waals surface area contributed by atoms with Crippen molar-refractivity contribution in [3.63, 3.8) is 0 Å². The Bertz CT molecular complexity index is 622. The molecule has 1 N–H and O–H groups in total. The zero-order chi connectivity index (χ0) is 14.7. The Morgan fingerprint density at radius 3 is 1.33 bits per heavy atom. The van der Waals surface area contributed by atoms with Crippen molar-refractivity contribution in [2.75, 3.05) is 0 Å². The maximum Gasteiger partial charge on any atom is 0.0222 e. The molecular formula is C20H21N. The van der Waals surface area contributed by atoms with E-state index in [0.29, 0.717) is 11.8 Å². The van der Waals surface area contributed by atoms with Crippen molar-refractivity contribution < 1.29 is 0 Å². The van der Waals surface area contributed by atoms with E-state index in [-0.39, 0.29) is 0 Å². The summed E-state index contributed by atoms with van der Waals surface area (Å²) in [4.78, 5) is 3.61. The zero-order valence-corrected chi connectivity index (χ0v) is 12.6. The highest BCUT2D eigenvalue weighted by Gasteiger charge is 2.14. The molecule has 0 saturated carbocycles. The molecule has 0 saturated heterocycles. The molecule has 0 radical (unpaired) electrons. The van der Waals surface area contributed by atoms with Crippen molar-refractivity contribution in [2.24, 2.45) is 0 Å². The van der Waals surface area contributed by atoms with Gasteiger partial charge in [-0.2, -0.15) is 0 Å². The van der Waals surface area contributed by atoms with Crippen LogP contribution >= 0.6 is 0 Å². The predicted octanol–water partition coefficient (Wildman–Crippen LogP) is 5.32. The van der Waals surface area contributed by atoms with Crippen molar-refractivity contribution in [3.05, 3.63) is 95.3 Å². The quantitative estimate of drug-likeness (QED) is 0.663. The molecule has 106 valence electrons. The van der Waals surface area contributed by atoms with Gasteiger partial charge in [-0.1, -0.05) is 74.5 Å². The second-order valence-corrected chi connectivity index (χ2v) is 5.63. The van der Waals surface area contributed by atoms with Crippen LogP contribution in [0.4, 0.5) is 0 Å². The lowest BCUT2D eigenvalue weighted by Crippen LogP contribution is -1.99. The molecule has 0 amide bonds. The number of aromatic nitrogens is 1. The largest absolute Gasteiger partial charge is 0.361 e. The Morgan fingerprint density at radius 2 is 0.952 bits per heavy atom. The number of nitrogens with one attached hydrogen (secondary N) is 1. The summed E-state index contributed by atoms with van der Waals surface area (Å²) < 4.78 is 0. The molecule has 0 fully saturated rings. The first-order valence-electron chi connectivity index (χ1n) is 7.54. The highest BCUT2D eigenvalue weighted by atomic mass is 14.7. The van der Waals surface area contributed by atoms with E-state index in [4.69, 9.17) is 0 Å². The van der Waals surface area contributed by atoms with E-state index >= 15 is 0 Å². The molecule has 2 unspecified atom stereocenters. The van der Waals surface area contributed by atoms with E-state index in [1.165, 1.54) is 22.5 Å². The first-order valence-corrected chi connectivity index (χ1v) is 7.54. The van der Waals surface area contributed by atoms with Crippen LogP contribution in [0.25, 0.3) is 0 Å². The maximum absolute atomic E-state index is 3.61. The third-order valence-electron chi connectivity index (χ3n) is 4.26. The number of benzene rings is 2. The van der Waals surface area contributed by atoms with Crippen LogP contribution in [-0.2, 0) is 0 Å². The Morgan fingerprint density at radius 1 is 0.571 bits per heavy atom. The molecule has 1 heteroatoms. The summed E-state index contributed by atoms with van der Waals surface area (Å²) in [6.45, 7) is 4.50. The standard InChI is InChI=1S/C20H21N/c1-15(17-9-5-3-6-10-17)19-13-14-20(21-19)16(2)18-11-7-4-8-12-18/h3-16,21H,1-2H3. The number of rotatable bonds is 4. The lowest BCUT2D eigenvalue weighted by Gasteiger charge is -2.12. The molecule has 0 bridgehead atoms. The van der Waals surface area contributed by atoms with Crippen LogP contribution in [0, 0.1) is 0 Å². The van der Waals surface area contributed by atoms with Gasteiger partial charge in [0.25, 0.3) is 0 Å². The van der Waals surface area contributed by atoms with Gasteiger partial charge < -0.3 is 4.98 Å². The monoisotopic (exact) mass is 275 g/mol. The lowest BCUT2D eigenvalue weighted by molar-refractivity contribution is 0.834. The maximum atomic E-state index is 3.61. The number of hydrogen-bond acceptors (Lipinski definition) is 0. The highest BCUT2D eigenvalue weighted by Crippen LogP contribution is 2.28. The molecule has 0 aliphatic carbocycles. The lowest BCUT2D eigenvalue weighted by atomic mass is 9.98. The Balaban J connectivity index is 1.84. The van der Waals surface area contributed by atoms with Gasteiger partial charge in [0.05, 0.1) is 0 Å². The van der Waals surface area contributed by atoms with Gasteiger partial charge in [0.1, 0.15) is 0 Å². The zero-order valence-electron chi connectivity index (χ0n) is 12.6. The highest BCUT2D eigenvalue weighted by molar-refractivity contribution is 5.33. The molecule has 3 rings (SSSR count). The van der Waals surface area contributed by atoms with Crippen LogP contribution in [0.1, 0.15) is 48.2 Å². The van der Waals surface area contributed by atoms with Gasteiger partial charge in [-0.15, -0.1) is 0 Å². The average Bonchev–Trinajstić information content (AvgIpc) is 3.05. The van der Waals surface area contributed by atoms with Gasteiger partial charge in [-0.3, -0.25) is 0 Å². The summed E-state index contributed by atoms with van der Waals surface area (Å²) in [6.07, 6.45) is 0. The van der Waals surface area contributed by atoms with Gasteiger partial charge in [-0.05, 0) is 23.3 Å². The summed E-state index contributed by atoms with van der Waals surface area (Å²) >= 11 is 0. The summed E-state index contributed by atoms with van der Waals surface area (Å²) in [5, 5.41) is 0. The smallest absolute Gasteiger partial charge is 0.0222 e. The van der Waals surface area contributed by atoms with Gasteiger partial charge in [0.15, 0.2) is 0 Å². The van der Waals surface area contributed by atoms with Crippen molar-refractivity contribution in [2.45, 2.75) is 25.7 Å². The van der Waals surface area contributed by atoms with Crippen molar-refractivity contribution >= 4 is 0 Å². The van der Waals surface area contributed by atoms with E-state index in [1.807, 2.05) is 0 Å². The molecule has 1 aromatic heterocycles.